The van der Waals surface area contributed by atoms with Gasteiger partial charge in [0.05, 0.1) is 5.69 Å². The van der Waals surface area contributed by atoms with Crippen molar-refractivity contribution in [3.05, 3.63) is 47.7 Å². The lowest BCUT2D eigenvalue weighted by molar-refractivity contribution is 0.0746. The molecule has 0 aliphatic carbocycles. The molecule has 0 radical (unpaired) electrons. The number of rotatable bonds is 3. The second-order valence-electron chi connectivity index (χ2n) is 5.54. The topological polar surface area (TPSA) is 49.3 Å². The summed E-state index contributed by atoms with van der Waals surface area (Å²) in [5.74, 6) is 0.985. The smallest absolute Gasteiger partial charge is 0.253 e. The molecule has 1 fully saturated rings. The van der Waals surface area contributed by atoms with Gasteiger partial charge in [-0.1, -0.05) is 0 Å². The average molecular weight is 328 g/mol. The number of hydrogen-bond acceptors (Lipinski definition) is 5. The monoisotopic (exact) mass is 328 g/mol. The first-order valence-electron chi connectivity index (χ1n) is 7.66. The first-order chi connectivity index (χ1) is 11.2. The van der Waals surface area contributed by atoms with Crippen LogP contribution in [0.15, 0.2) is 41.3 Å². The van der Waals surface area contributed by atoms with Crippen LogP contribution in [0.25, 0.3) is 0 Å². The Morgan fingerprint density at radius 3 is 2.26 bits per heavy atom. The third-order valence-electron chi connectivity index (χ3n) is 4.01. The van der Waals surface area contributed by atoms with Crippen molar-refractivity contribution in [2.45, 2.75) is 11.8 Å². The van der Waals surface area contributed by atoms with Gasteiger partial charge in [-0.25, -0.2) is 0 Å². The van der Waals surface area contributed by atoms with Crippen molar-refractivity contribution in [1.29, 1.82) is 0 Å². The Bertz CT molecular complexity index is 664. The summed E-state index contributed by atoms with van der Waals surface area (Å²) in [6.07, 6.45) is 2.03. The molecule has 1 aromatic heterocycles. The van der Waals surface area contributed by atoms with Gasteiger partial charge in [0.2, 0.25) is 0 Å². The Kier molecular flexibility index (Phi) is 4.81. The van der Waals surface area contributed by atoms with Crippen molar-refractivity contribution >= 4 is 23.5 Å². The fourth-order valence-electron chi connectivity index (χ4n) is 2.62. The first-order valence-corrected chi connectivity index (χ1v) is 8.88. The Balaban J connectivity index is 1.61. The van der Waals surface area contributed by atoms with E-state index in [0.29, 0.717) is 13.1 Å². The van der Waals surface area contributed by atoms with E-state index in [-0.39, 0.29) is 5.91 Å². The van der Waals surface area contributed by atoms with Crippen molar-refractivity contribution in [3.8, 4) is 0 Å². The molecule has 0 spiro atoms. The summed E-state index contributed by atoms with van der Waals surface area (Å²) in [7, 11) is 0. The molecular formula is C17H20N4OS. The number of piperazine rings is 1. The van der Waals surface area contributed by atoms with E-state index in [1.807, 2.05) is 54.5 Å². The van der Waals surface area contributed by atoms with Crippen LogP contribution in [0.5, 0.6) is 0 Å². The normalized spacial score (nSPS) is 14.9. The lowest BCUT2D eigenvalue weighted by Crippen LogP contribution is -2.49. The van der Waals surface area contributed by atoms with Crippen LogP contribution >= 0.6 is 11.8 Å². The van der Waals surface area contributed by atoms with Gasteiger partial charge in [0, 0.05) is 36.6 Å². The van der Waals surface area contributed by atoms with Crippen molar-refractivity contribution in [2.75, 3.05) is 37.3 Å². The van der Waals surface area contributed by atoms with Crippen molar-refractivity contribution < 1.29 is 4.79 Å². The Morgan fingerprint density at radius 1 is 1.00 bits per heavy atom. The summed E-state index contributed by atoms with van der Waals surface area (Å²) < 4.78 is 0. The van der Waals surface area contributed by atoms with Gasteiger partial charge in [-0.2, -0.15) is 5.10 Å². The molecule has 0 N–H and O–H groups in total. The largest absolute Gasteiger partial charge is 0.352 e. The highest BCUT2D eigenvalue weighted by molar-refractivity contribution is 7.98. The van der Waals surface area contributed by atoms with Crippen LogP contribution in [0, 0.1) is 6.92 Å². The summed E-state index contributed by atoms with van der Waals surface area (Å²) in [6.45, 7) is 4.91. The average Bonchev–Trinajstić information content (AvgIpc) is 2.62. The van der Waals surface area contributed by atoms with E-state index in [0.717, 1.165) is 30.2 Å². The number of nitrogens with zero attached hydrogens (tertiary/aromatic N) is 4. The van der Waals surface area contributed by atoms with Gasteiger partial charge in [0.15, 0.2) is 5.82 Å². The molecule has 1 aromatic carbocycles. The maximum absolute atomic E-state index is 12.6. The molecule has 0 unspecified atom stereocenters. The molecule has 2 heterocycles. The second-order valence-corrected chi connectivity index (χ2v) is 6.42. The van der Waals surface area contributed by atoms with Crippen LogP contribution < -0.4 is 4.90 Å². The van der Waals surface area contributed by atoms with Gasteiger partial charge in [0.1, 0.15) is 0 Å². The van der Waals surface area contributed by atoms with Crippen LogP contribution in [0.3, 0.4) is 0 Å². The molecule has 0 bridgehead atoms. The number of hydrogen-bond donors (Lipinski definition) is 0. The second kappa shape index (κ2) is 7.00. The van der Waals surface area contributed by atoms with Gasteiger partial charge < -0.3 is 9.80 Å². The number of benzene rings is 1. The third kappa shape index (κ3) is 3.64. The minimum atomic E-state index is 0.104. The molecule has 1 aliphatic rings. The number of anilines is 1. The molecule has 1 amide bonds. The van der Waals surface area contributed by atoms with E-state index in [1.54, 1.807) is 11.8 Å². The van der Waals surface area contributed by atoms with E-state index in [4.69, 9.17) is 0 Å². The lowest BCUT2D eigenvalue weighted by atomic mass is 10.2. The van der Waals surface area contributed by atoms with Crippen LogP contribution in [0.2, 0.25) is 0 Å². The van der Waals surface area contributed by atoms with Gasteiger partial charge in [-0.15, -0.1) is 16.9 Å². The Hall–Kier alpha value is -2.08. The molecule has 3 rings (SSSR count). The predicted molar refractivity (Wildman–Crippen MR) is 93.1 cm³/mol. The van der Waals surface area contributed by atoms with Crippen molar-refractivity contribution in [1.82, 2.24) is 15.1 Å². The molecule has 1 saturated heterocycles. The van der Waals surface area contributed by atoms with Crippen LogP contribution in [0.4, 0.5) is 5.82 Å². The number of thioether (sulfide) groups is 1. The fourth-order valence-corrected chi connectivity index (χ4v) is 3.02. The maximum Gasteiger partial charge on any atom is 0.253 e. The van der Waals surface area contributed by atoms with E-state index in [2.05, 4.69) is 15.1 Å². The predicted octanol–water partition coefficient (Wildman–Crippen LogP) is 2.47. The summed E-state index contributed by atoms with van der Waals surface area (Å²) in [5, 5.41) is 8.32. The van der Waals surface area contributed by atoms with Gasteiger partial charge in [-0.05, 0) is 49.6 Å². The zero-order valence-corrected chi connectivity index (χ0v) is 14.2. The molecule has 23 heavy (non-hydrogen) atoms. The number of carbonyl (C=O) groups is 1. The molecule has 120 valence electrons. The van der Waals surface area contributed by atoms with Gasteiger partial charge in [-0.3, -0.25) is 4.79 Å². The number of carbonyl (C=O) groups excluding carboxylic acids is 1. The zero-order valence-electron chi connectivity index (χ0n) is 13.4. The van der Waals surface area contributed by atoms with Crippen molar-refractivity contribution in [2.24, 2.45) is 0 Å². The van der Waals surface area contributed by atoms with E-state index >= 15 is 0 Å². The summed E-state index contributed by atoms with van der Waals surface area (Å²) in [5.41, 5.74) is 1.67. The molecule has 5 nitrogen and oxygen atoms in total. The van der Waals surface area contributed by atoms with Gasteiger partial charge in [0.25, 0.3) is 5.91 Å². The highest BCUT2D eigenvalue weighted by Gasteiger charge is 2.22. The van der Waals surface area contributed by atoms with E-state index in [1.165, 1.54) is 4.90 Å². The number of aromatic nitrogens is 2. The molecule has 1 aliphatic heterocycles. The zero-order chi connectivity index (χ0) is 16.2. The van der Waals surface area contributed by atoms with Gasteiger partial charge >= 0.3 is 0 Å². The van der Waals surface area contributed by atoms with E-state index < -0.39 is 0 Å². The number of aryl methyl sites for hydroxylation is 1. The first kappa shape index (κ1) is 15.8. The lowest BCUT2D eigenvalue weighted by Gasteiger charge is -2.35. The molecule has 6 heteroatoms. The third-order valence-corrected chi connectivity index (χ3v) is 4.76. The van der Waals surface area contributed by atoms with E-state index in [9.17, 15) is 4.79 Å². The number of amides is 1. The maximum atomic E-state index is 12.6. The molecule has 0 saturated carbocycles. The molecule has 2 aromatic rings. The summed E-state index contributed by atoms with van der Waals surface area (Å²) in [6, 6.07) is 11.8. The van der Waals surface area contributed by atoms with Crippen molar-refractivity contribution in [3.63, 3.8) is 0 Å². The summed E-state index contributed by atoms with van der Waals surface area (Å²) in [4.78, 5) is 17.8. The Labute approximate surface area is 140 Å². The SMILES string of the molecule is CSc1ccc(C(=O)N2CCN(c3ccc(C)nn3)CC2)cc1. The summed E-state index contributed by atoms with van der Waals surface area (Å²) >= 11 is 1.68. The standard InChI is InChI=1S/C17H20N4OS/c1-13-3-8-16(19-18-13)20-9-11-21(12-10-20)17(22)14-4-6-15(23-2)7-5-14/h3-8H,9-12H2,1-2H3. The highest BCUT2D eigenvalue weighted by atomic mass is 32.2. The highest BCUT2D eigenvalue weighted by Crippen LogP contribution is 2.18. The van der Waals surface area contributed by atoms with Crippen LogP contribution in [-0.2, 0) is 0 Å². The molecule has 0 atom stereocenters. The van der Waals surface area contributed by atoms with Crippen LogP contribution in [0.1, 0.15) is 16.1 Å². The minimum Gasteiger partial charge on any atom is -0.352 e. The fraction of sp³-hybridized carbons (Fsp3) is 0.353. The van der Waals surface area contributed by atoms with Crippen LogP contribution in [-0.4, -0.2) is 53.4 Å². The quantitative estimate of drug-likeness (QED) is 0.810. The Morgan fingerprint density at radius 2 is 1.70 bits per heavy atom. The minimum absolute atomic E-state index is 0.104. The molecular weight excluding hydrogens is 308 g/mol.